The van der Waals surface area contributed by atoms with Crippen molar-refractivity contribution in [2.75, 3.05) is 49.6 Å². The zero-order valence-corrected chi connectivity index (χ0v) is 27.2. The van der Waals surface area contributed by atoms with Crippen LogP contribution in [-0.2, 0) is 9.53 Å². The second-order valence-electron chi connectivity index (χ2n) is 13.1. The highest BCUT2D eigenvalue weighted by atomic mass is 19.1. The summed E-state index contributed by atoms with van der Waals surface area (Å²) < 4.78 is 63.5. The average molecular weight is 679 g/mol. The van der Waals surface area contributed by atoms with Gasteiger partial charge in [0.1, 0.15) is 29.7 Å². The van der Waals surface area contributed by atoms with E-state index in [1.165, 1.54) is 31.4 Å². The first kappa shape index (κ1) is 32.7. The Bertz CT molecular complexity index is 1830. The number of halogens is 4. The highest BCUT2D eigenvalue weighted by molar-refractivity contribution is 5.83. The molecular formula is C36H38F4N6O3. The van der Waals surface area contributed by atoms with Gasteiger partial charge in [0.15, 0.2) is 11.6 Å². The number of anilines is 2. The lowest BCUT2D eigenvalue weighted by Gasteiger charge is -2.35. The second-order valence-corrected chi connectivity index (χ2v) is 13.1. The zero-order valence-electron chi connectivity index (χ0n) is 27.2. The van der Waals surface area contributed by atoms with E-state index in [1.54, 1.807) is 9.80 Å². The molecule has 0 unspecified atom stereocenters. The molecule has 0 saturated carbocycles. The Morgan fingerprint density at radius 2 is 1.55 bits per heavy atom. The Kier molecular flexibility index (Phi) is 9.08. The molecule has 258 valence electrons. The van der Waals surface area contributed by atoms with Crippen LogP contribution < -0.4 is 15.1 Å². The minimum absolute atomic E-state index is 0.0738. The smallest absolute Gasteiger partial charge is 0.407 e. The summed E-state index contributed by atoms with van der Waals surface area (Å²) in [6.07, 6.45) is 3.60. The number of carbonyl (C=O) groups excluding carboxylic acids is 2. The van der Waals surface area contributed by atoms with Crippen LogP contribution in [0.5, 0.6) is 0 Å². The van der Waals surface area contributed by atoms with E-state index in [4.69, 9.17) is 4.98 Å². The lowest BCUT2D eigenvalue weighted by Crippen LogP contribution is -2.40. The van der Waals surface area contributed by atoms with Crippen LogP contribution in [0.4, 0.5) is 33.7 Å². The third kappa shape index (κ3) is 6.62. The fraction of sp³-hybridized carbons (Fsp3) is 0.417. The number of carbonyl (C=O) groups is 2. The van der Waals surface area contributed by atoms with Crippen molar-refractivity contribution in [3.8, 4) is 0 Å². The molecule has 9 nitrogen and oxygen atoms in total. The van der Waals surface area contributed by atoms with Gasteiger partial charge in [0.25, 0.3) is 0 Å². The number of piperidine rings is 1. The first-order chi connectivity index (χ1) is 23.7. The molecule has 49 heavy (non-hydrogen) atoms. The summed E-state index contributed by atoms with van der Waals surface area (Å²) in [4.78, 5) is 37.9. The molecular weight excluding hydrogens is 640 g/mol. The van der Waals surface area contributed by atoms with Gasteiger partial charge in [-0.2, -0.15) is 0 Å². The van der Waals surface area contributed by atoms with Gasteiger partial charge in [0, 0.05) is 37.9 Å². The highest BCUT2D eigenvalue weighted by Crippen LogP contribution is 2.41. The van der Waals surface area contributed by atoms with E-state index in [9.17, 15) is 18.4 Å². The van der Waals surface area contributed by atoms with Crippen molar-refractivity contribution in [1.29, 1.82) is 0 Å². The van der Waals surface area contributed by atoms with Gasteiger partial charge in [-0.15, -0.1) is 0 Å². The van der Waals surface area contributed by atoms with E-state index in [0.717, 1.165) is 48.3 Å². The number of ether oxygens (including phenoxy) is 1. The average Bonchev–Trinajstić information content (AvgIpc) is 3.86. The number of fused-ring (bicyclic) bond motifs is 1. The number of nitrogens with zero attached hydrogens (tertiary/aromatic N) is 4. The number of benzene rings is 3. The summed E-state index contributed by atoms with van der Waals surface area (Å²) in [6.45, 7) is 1.78. The van der Waals surface area contributed by atoms with Gasteiger partial charge in [-0.25, -0.2) is 27.3 Å². The van der Waals surface area contributed by atoms with E-state index in [0.29, 0.717) is 56.1 Å². The van der Waals surface area contributed by atoms with E-state index >= 15 is 8.78 Å². The fourth-order valence-electron chi connectivity index (χ4n) is 7.77. The molecule has 0 radical (unpaired) electrons. The number of H-pyrrole nitrogens is 1. The van der Waals surface area contributed by atoms with Gasteiger partial charge in [-0.05, 0) is 92.0 Å². The summed E-state index contributed by atoms with van der Waals surface area (Å²) in [6, 6.07) is 11.9. The van der Waals surface area contributed by atoms with Crippen molar-refractivity contribution in [3.05, 3.63) is 88.8 Å². The number of nitrogens with one attached hydrogen (secondary N) is 2. The van der Waals surface area contributed by atoms with Crippen molar-refractivity contribution >= 4 is 34.4 Å². The molecule has 4 aromatic rings. The second kappa shape index (κ2) is 13.6. The van der Waals surface area contributed by atoms with Crippen molar-refractivity contribution in [2.45, 2.75) is 56.5 Å². The standard InChI is InChI=1S/C36H38F4N6O3/c1-49-36(48)41-20-33(47)46-11-3-5-32(46)35-42-29-7-6-22(16-30(29)43-35)31-4-2-10-45(31)26-18-27(39)34(28(40)19-26)44-12-8-21(9-13-44)23-14-24(37)17-25(38)15-23/h6-7,14-19,21,31-32H,2-5,8-13,20H2,1H3,(H,41,48)(H,42,43)/t31-,32+/m1/s1. The molecule has 2 N–H and O–H groups in total. The molecule has 13 heteroatoms. The van der Waals surface area contributed by atoms with Gasteiger partial charge in [0.2, 0.25) is 5.91 Å². The number of hydrogen-bond donors (Lipinski definition) is 2. The van der Waals surface area contributed by atoms with Crippen LogP contribution in [0.15, 0.2) is 48.5 Å². The third-order valence-corrected chi connectivity index (χ3v) is 10.1. The lowest BCUT2D eigenvalue weighted by atomic mass is 9.89. The van der Waals surface area contributed by atoms with Gasteiger partial charge >= 0.3 is 6.09 Å². The number of likely N-dealkylation sites (tertiary alicyclic amines) is 1. The van der Waals surface area contributed by atoms with Crippen LogP contribution >= 0.6 is 0 Å². The highest BCUT2D eigenvalue weighted by Gasteiger charge is 2.33. The summed E-state index contributed by atoms with van der Waals surface area (Å²) >= 11 is 0. The van der Waals surface area contributed by atoms with Crippen LogP contribution in [0.2, 0.25) is 0 Å². The number of hydrogen-bond acceptors (Lipinski definition) is 6. The largest absolute Gasteiger partial charge is 0.453 e. The SMILES string of the molecule is COC(=O)NCC(=O)N1CCC[C@H]1c1nc2ccc([C@H]3CCCN3c3cc(F)c(N4CCC(c5cc(F)cc(F)c5)CC4)c(F)c3)cc2[nH]1. The molecule has 2 amide bonds. The van der Waals surface area contributed by atoms with Crippen molar-refractivity contribution in [3.63, 3.8) is 0 Å². The van der Waals surface area contributed by atoms with Gasteiger partial charge in [-0.1, -0.05) is 6.07 Å². The lowest BCUT2D eigenvalue weighted by molar-refractivity contribution is -0.131. The fourth-order valence-corrected chi connectivity index (χ4v) is 7.77. The Morgan fingerprint density at radius 3 is 2.27 bits per heavy atom. The number of rotatable bonds is 7. The Morgan fingerprint density at radius 1 is 0.857 bits per heavy atom. The number of imidazole rings is 1. The first-order valence-corrected chi connectivity index (χ1v) is 16.8. The van der Waals surface area contributed by atoms with Gasteiger partial charge in [0.05, 0.1) is 30.2 Å². The minimum atomic E-state index is -0.665. The summed E-state index contributed by atoms with van der Waals surface area (Å²) in [5.41, 5.74) is 3.51. The number of alkyl carbamates (subject to hydrolysis) is 1. The van der Waals surface area contributed by atoms with Crippen LogP contribution in [0.1, 0.15) is 73.5 Å². The van der Waals surface area contributed by atoms with Crippen LogP contribution in [0, 0.1) is 23.3 Å². The number of amides is 2. The quantitative estimate of drug-likeness (QED) is 0.208. The summed E-state index contributed by atoms with van der Waals surface area (Å²) in [5, 5.41) is 2.44. The predicted octanol–water partition coefficient (Wildman–Crippen LogP) is 6.86. The molecule has 0 spiro atoms. The predicted molar refractivity (Wildman–Crippen MR) is 176 cm³/mol. The molecule has 0 aliphatic carbocycles. The normalized spacial score (nSPS) is 20.0. The number of methoxy groups -OCH3 is 1. The molecule has 3 aromatic carbocycles. The molecule has 2 atom stereocenters. The maximum Gasteiger partial charge on any atom is 0.407 e. The van der Waals surface area contributed by atoms with Crippen molar-refractivity contribution in [1.82, 2.24) is 20.2 Å². The Hall–Kier alpha value is -4.81. The van der Waals surface area contributed by atoms with Crippen molar-refractivity contribution < 1.29 is 31.9 Å². The molecule has 7 rings (SSSR count). The maximum atomic E-state index is 15.7. The maximum absolute atomic E-state index is 15.7. The van der Waals surface area contributed by atoms with Gasteiger partial charge in [-0.3, -0.25) is 4.79 Å². The molecule has 3 saturated heterocycles. The zero-order chi connectivity index (χ0) is 34.2. The van der Waals surface area contributed by atoms with Gasteiger partial charge < -0.3 is 29.7 Å². The molecule has 3 aliphatic heterocycles. The molecule has 1 aromatic heterocycles. The van der Waals surface area contributed by atoms with Crippen molar-refractivity contribution in [2.24, 2.45) is 0 Å². The monoisotopic (exact) mass is 678 g/mol. The molecule has 3 aliphatic rings. The van der Waals surface area contributed by atoms with Crippen LogP contribution in [0.25, 0.3) is 11.0 Å². The summed E-state index contributed by atoms with van der Waals surface area (Å²) in [7, 11) is 1.24. The summed E-state index contributed by atoms with van der Waals surface area (Å²) in [5.74, 6) is -2.16. The van der Waals surface area contributed by atoms with E-state index < -0.39 is 29.4 Å². The number of aromatic amines is 1. The van der Waals surface area contributed by atoms with E-state index in [1.807, 2.05) is 23.1 Å². The number of aromatic nitrogens is 2. The molecule has 3 fully saturated rings. The minimum Gasteiger partial charge on any atom is -0.453 e. The third-order valence-electron chi connectivity index (χ3n) is 10.1. The van der Waals surface area contributed by atoms with E-state index in [-0.39, 0.29) is 36.1 Å². The Balaban J connectivity index is 1.06. The molecule has 0 bridgehead atoms. The van der Waals surface area contributed by atoms with Crippen LogP contribution in [0.3, 0.4) is 0 Å². The molecule has 4 heterocycles. The Labute approximate surface area is 281 Å². The van der Waals surface area contributed by atoms with E-state index in [2.05, 4.69) is 15.0 Å². The topological polar surface area (TPSA) is 93.8 Å². The first-order valence-electron chi connectivity index (χ1n) is 16.8. The van der Waals surface area contributed by atoms with Crippen LogP contribution in [-0.4, -0.2) is 66.7 Å².